The lowest BCUT2D eigenvalue weighted by atomic mass is 10.3. The summed E-state index contributed by atoms with van der Waals surface area (Å²) in [6, 6.07) is 2.19. The first-order valence-corrected chi connectivity index (χ1v) is 12.5. The molecule has 0 aliphatic carbocycles. The van der Waals surface area contributed by atoms with Gasteiger partial charge in [-0.2, -0.15) is 18.3 Å². The van der Waals surface area contributed by atoms with Crippen molar-refractivity contribution in [1.82, 2.24) is 19.7 Å². The van der Waals surface area contributed by atoms with Crippen LogP contribution in [-0.2, 0) is 25.4 Å². The lowest BCUT2D eigenvalue weighted by Crippen LogP contribution is -2.11. The molecule has 0 aromatic carbocycles. The van der Waals surface area contributed by atoms with Gasteiger partial charge in [0.2, 0.25) is 0 Å². The molecule has 0 saturated heterocycles. The quantitative estimate of drug-likeness (QED) is 0.575. The van der Waals surface area contributed by atoms with Crippen LogP contribution in [0.15, 0.2) is 40.0 Å². The fourth-order valence-electron chi connectivity index (χ4n) is 2.50. The van der Waals surface area contributed by atoms with Crippen LogP contribution in [0, 0.1) is 0 Å². The van der Waals surface area contributed by atoms with E-state index in [1.165, 1.54) is 25.4 Å². The zero-order valence-corrected chi connectivity index (χ0v) is 17.4. The minimum Gasteiger partial charge on any atom is -0.251 e. The number of halogens is 3. The molecule has 3 heterocycles. The first kappa shape index (κ1) is 21.2. The summed E-state index contributed by atoms with van der Waals surface area (Å²) < 4.78 is 69.4. The molecule has 0 saturated carbocycles. The van der Waals surface area contributed by atoms with E-state index in [2.05, 4.69) is 25.3 Å². The number of alkyl halides is 3. The first-order valence-electron chi connectivity index (χ1n) is 8.25. The Labute approximate surface area is 166 Å². The molecule has 3 rings (SSSR count). The molecule has 3 aromatic heterocycles. The van der Waals surface area contributed by atoms with Crippen molar-refractivity contribution in [3.8, 4) is 5.82 Å². The maximum absolute atomic E-state index is 12.9. The molecule has 0 atom stereocenters. The second-order valence-corrected chi connectivity index (χ2v) is 12.1. The van der Waals surface area contributed by atoms with Gasteiger partial charge in [-0.15, -0.1) is 9.41 Å². The molecule has 156 valence electrons. The largest absolute Gasteiger partial charge is 0.433 e. The molecule has 0 fully saturated rings. The number of pyridine rings is 2. The van der Waals surface area contributed by atoms with E-state index in [1.54, 1.807) is 0 Å². The van der Waals surface area contributed by atoms with Gasteiger partial charge in [0.05, 0.1) is 23.2 Å². The van der Waals surface area contributed by atoms with E-state index in [9.17, 15) is 21.6 Å². The average molecular weight is 445 g/mol. The van der Waals surface area contributed by atoms with Crippen LogP contribution in [0.2, 0.25) is 0 Å². The predicted octanol–water partition coefficient (Wildman–Crippen LogP) is 3.29. The topological polar surface area (TPSA) is 90.1 Å². The Balaban J connectivity index is 2.23. The Morgan fingerprint density at radius 3 is 2.45 bits per heavy atom. The van der Waals surface area contributed by atoms with Gasteiger partial charge in [-0.25, -0.2) is 22.4 Å². The standard InChI is InChI=1S/C17H18F3N5O2S2/c1-5-29(26,27)14-6-12(24-28(2,3)4)9-22-16(14)25-10-11-8-21-15(17(18,19)20)7-13(11)23-25/h6-10H,2,5H2,1,3-4H3. The summed E-state index contributed by atoms with van der Waals surface area (Å²) in [4.78, 5) is 7.47. The highest BCUT2D eigenvalue weighted by molar-refractivity contribution is 8.01. The van der Waals surface area contributed by atoms with Crippen molar-refractivity contribution in [2.24, 2.45) is 4.36 Å². The highest BCUT2D eigenvalue weighted by atomic mass is 32.2. The smallest absolute Gasteiger partial charge is 0.251 e. The van der Waals surface area contributed by atoms with Gasteiger partial charge in [-0.3, -0.25) is 4.98 Å². The van der Waals surface area contributed by atoms with Crippen LogP contribution < -0.4 is 0 Å². The van der Waals surface area contributed by atoms with E-state index in [0.717, 1.165) is 16.9 Å². The van der Waals surface area contributed by atoms with Crippen LogP contribution in [0.4, 0.5) is 18.9 Å². The van der Waals surface area contributed by atoms with Gasteiger partial charge < -0.3 is 0 Å². The molecule has 0 aliphatic heterocycles. The summed E-state index contributed by atoms with van der Waals surface area (Å²) in [5.74, 6) is 3.73. The predicted molar refractivity (Wildman–Crippen MR) is 108 cm³/mol. The summed E-state index contributed by atoms with van der Waals surface area (Å²) in [5.41, 5.74) is -0.709. The van der Waals surface area contributed by atoms with Gasteiger partial charge in [0, 0.05) is 17.8 Å². The molecule has 0 spiro atoms. The van der Waals surface area contributed by atoms with E-state index in [4.69, 9.17) is 0 Å². The minimum absolute atomic E-state index is 0.0195. The fourth-order valence-corrected chi connectivity index (χ4v) is 4.21. The second-order valence-electron chi connectivity index (χ2n) is 6.69. The number of fused-ring (bicyclic) bond motifs is 1. The monoisotopic (exact) mass is 445 g/mol. The molecular formula is C17H18F3N5O2S2. The van der Waals surface area contributed by atoms with Gasteiger partial charge in [0.15, 0.2) is 15.7 Å². The highest BCUT2D eigenvalue weighted by Gasteiger charge is 2.33. The van der Waals surface area contributed by atoms with Crippen LogP contribution >= 0.6 is 0 Å². The number of aromatic nitrogens is 4. The van der Waals surface area contributed by atoms with Gasteiger partial charge in [0.25, 0.3) is 0 Å². The lowest BCUT2D eigenvalue weighted by Gasteiger charge is -2.10. The van der Waals surface area contributed by atoms with Crippen LogP contribution in [-0.4, -0.2) is 52.3 Å². The molecule has 3 aromatic rings. The van der Waals surface area contributed by atoms with Crippen molar-refractivity contribution >= 4 is 41.7 Å². The van der Waals surface area contributed by atoms with Gasteiger partial charge in [0.1, 0.15) is 10.6 Å². The van der Waals surface area contributed by atoms with Gasteiger partial charge in [-0.05, 0) is 24.6 Å². The maximum Gasteiger partial charge on any atom is 0.433 e. The van der Waals surface area contributed by atoms with Crippen molar-refractivity contribution < 1.29 is 21.6 Å². The van der Waals surface area contributed by atoms with Gasteiger partial charge in [-0.1, -0.05) is 12.8 Å². The van der Waals surface area contributed by atoms with Crippen molar-refractivity contribution in [3.63, 3.8) is 0 Å². The van der Waals surface area contributed by atoms with Crippen LogP contribution in [0.1, 0.15) is 12.6 Å². The van der Waals surface area contributed by atoms with E-state index in [-0.39, 0.29) is 22.0 Å². The Morgan fingerprint density at radius 2 is 1.86 bits per heavy atom. The SMILES string of the molecule is C=S(C)(C)=Nc1cnc(-n2cc3cnc(C(F)(F)F)cc3n2)c(S(=O)(=O)CC)c1. The van der Waals surface area contributed by atoms with Crippen molar-refractivity contribution in [2.75, 3.05) is 18.3 Å². The number of nitrogens with zero attached hydrogens (tertiary/aromatic N) is 5. The lowest BCUT2D eigenvalue weighted by molar-refractivity contribution is -0.141. The molecule has 12 heteroatoms. The third-order valence-corrected chi connectivity index (χ3v) is 6.22. The van der Waals surface area contributed by atoms with E-state index in [1.807, 2.05) is 12.5 Å². The van der Waals surface area contributed by atoms with E-state index >= 15 is 0 Å². The molecule has 29 heavy (non-hydrogen) atoms. The van der Waals surface area contributed by atoms with Crippen LogP contribution in [0.3, 0.4) is 0 Å². The van der Waals surface area contributed by atoms with Crippen LogP contribution in [0.25, 0.3) is 16.7 Å². The molecule has 0 radical (unpaired) electrons. The normalized spacial score (nSPS) is 13.0. The average Bonchev–Trinajstić information content (AvgIpc) is 3.02. The minimum atomic E-state index is -4.61. The van der Waals surface area contributed by atoms with E-state index in [0.29, 0.717) is 11.1 Å². The van der Waals surface area contributed by atoms with Crippen molar-refractivity contribution in [2.45, 2.75) is 18.0 Å². The second kappa shape index (κ2) is 7.10. The van der Waals surface area contributed by atoms with E-state index < -0.39 is 31.1 Å². The molecule has 0 N–H and O–H groups in total. The molecule has 0 amide bonds. The zero-order chi connectivity index (χ0) is 21.6. The number of rotatable bonds is 4. The summed E-state index contributed by atoms with van der Waals surface area (Å²) >= 11 is 0. The number of hydrogen-bond acceptors (Lipinski definition) is 6. The van der Waals surface area contributed by atoms with Gasteiger partial charge >= 0.3 is 6.18 Å². The highest BCUT2D eigenvalue weighted by Crippen LogP contribution is 2.30. The number of sulfone groups is 1. The summed E-state index contributed by atoms with van der Waals surface area (Å²) in [7, 11) is -5.27. The molecule has 7 nitrogen and oxygen atoms in total. The Morgan fingerprint density at radius 1 is 1.17 bits per heavy atom. The Hall–Kier alpha value is -2.47. The molecule has 0 aliphatic rings. The fraction of sp³-hybridized carbons (Fsp3) is 0.294. The molecule has 0 bridgehead atoms. The maximum atomic E-state index is 12.9. The zero-order valence-electron chi connectivity index (χ0n) is 15.8. The van der Waals surface area contributed by atoms with Crippen molar-refractivity contribution in [1.29, 1.82) is 0 Å². The number of hydrogen-bond donors (Lipinski definition) is 0. The first-order chi connectivity index (χ1) is 13.3. The summed E-state index contributed by atoms with van der Waals surface area (Å²) in [6.07, 6.45) is 2.86. The van der Waals surface area contributed by atoms with Crippen LogP contribution in [0.5, 0.6) is 0 Å². The Kier molecular flexibility index (Phi) is 5.20. The Bertz CT molecular complexity index is 1310. The molecule has 0 unspecified atom stereocenters. The third-order valence-electron chi connectivity index (χ3n) is 3.78. The summed E-state index contributed by atoms with van der Waals surface area (Å²) in [5, 5.41) is 4.40. The summed E-state index contributed by atoms with van der Waals surface area (Å²) in [6.45, 7) is 1.48. The van der Waals surface area contributed by atoms with Crippen molar-refractivity contribution in [3.05, 3.63) is 36.4 Å². The third kappa shape index (κ3) is 4.58. The molecular weight excluding hydrogens is 427 g/mol.